The van der Waals surface area contributed by atoms with Gasteiger partial charge in [-0.15, -0.1) is 0 Å². The molecule has 0 saturated carbocycles. The molecule has 2 N–H and O–H groups in total. The normalized spacial score (nSPS) is 10.5. The zero-order valence-electron chi connectivity index (χ0n) is 8.07. The zero-order valence-corrected chi connectivity index (χ0v) is 10.2. The van der Waals surface area contributed by atoms with Crippen LogP contribution >= 0.6 is 22.6 Å². The molecule has 0 aliphatic rings. The lowest BCUT2D eigenvalue weighted by molar-refractivity contribution is 0.277. The Morgan fingerprint density at radius 3 is 2.93 bits per heavy atom. The molecule has 1 heterocycles. The Bertz CT molecular complexity index is 453. The number of aliphatic hydroxyl groups is 1. The Kier molecular flexibility index (Phi) is 3.37. The van der Waals surface area contributed by atoms with Gasteiger partial charge in [0, 0.05) is 9.99 Å². The number of nitrogens with one attached hydrogen (secondary N) is 1. The molecule has 2 rings (SSSR count). The van der Waals surface area contributed by atoms with Crippen molar-refractivity contribution in [1.29, 1.82) is 0 Å². The van der Waals surface area contributed by atoms with Gasteiger partial charge in [0.1, 0.15) is 5.82 Å². The first kappa shape index (κ1) is 10.6. The second-order valence-corrected chi connectivity index (χ2v) is 4.57. The van der Waals surface area contributed by atoms with Gasteiger partial charge >= 0.3 is 0 Å². The summed E-state index contributed by atoms with van der Waals surface area (Å²) in [5.74, 6) is 0.890. The Hall–Kier alpha value is -0.880. The summed E-state index contributed by atoms with van der Waals surface area (Å²) < 4.78 is 1.22. The molecule has 0 aliphatic carbocycles. The lowest BCUT2D eigenvalue weighted by Gasteiger charge is -1.98. The molecule has 0 aliphatic heterocycles. The average Bonchev–Trinajstić information content (AvgIpc) is 2.65. The van der Waals surface area contributed by atoms with Crippen molar-refractivity contribution in [2.24, 2.45) is 0 Å². The van der Waals surface area contributed by atoms with E-state index in [1.54, 1.807) is 6.20 Å². The number of nitrogens with zero attached hydrogens (tertiary/aromatic N) is 1. The first-order valence-corrected chi connectivity index (χ1v) is 5.74. The zero-order chi connectivity index (χ0) is 10.7. The topological polar surface area (TPSA) is 48.9 Å². The number of benzene rings is 1. The van der Waals surface area contributed by atoms with E-state index in [0.29, 0.717) is 0 Å². The van der Waals surface area contributed by atoms with Crippen LogP contribution in [-0.4, -0.2) is 15.1 Å². The van der Waals surface area contributed by atoms with E-state index >= 15 is 0 Å². The van der Waals surface area contributed by atoms with Gasteiger partial charge in [-0.05, 0) is 40.3 Å². The van der Waals surface area contributed by atoms with Crippen LogP contribution in [-0.2, 0) is 13.0 Å². The summed E-state index contributed by atoms with van der Waals surface area (Å²) in [5, 5.41) is 8.89. The molecule has 3 nitrogen and oxygen atoms in total. The van der Waals surface area contributed by atoms with Crippen molar-refractivity contribution in [3.05, 3.63) is 51.1 Å². The third-order valence-electron chi connectivity index (χ3n) is 2.11. The number of rotatable bonds is 3. The first-order valence-electron chi connectivity index (χ1n) is 4.66. The highest BCUT2D eigenvalue weighted by atomic mass is 127. The number of H-pyrrole nitrogens is 1. The van der Waals surface area contributed by atoms with Crippen molar-refractivity contribution in [2.75, 3.05) is 0 Å². The summed E-state index contributed by atoms with van der Waals surface area (Å²) in [4.78, 5) is 7.26. The molecule has 0 bridgehead atoms. The Morgan fingerprint density at radius 2 is 2.27 bits per heavy atom. The highest BCUT2D eigenvalue weighted by molar-refractivity contribution is 14.1. The number of aromatic nitrogens is 2. The van der Waals surface area contributed by atoms with Gasteiger partial charge in [0.2, 0.25) is 0 Å². The highest BCUT2D eigenvalue weighted by Crippen LogP contribution is 2.11. The second-order valence-electron chi connectivity index (χ2n) is 3.32. The highest BCUT2D eigenvalue weighted by Gasteiger charge is 2.01. The van der Waals surface area contributed by atoms with Crippen molar-refractivity contribution >= 4 is 22.6 Å². The van der Waals surface area contributed by atoms with Crippen LogP contribution < -0.4 is 0 Å². The maximum Gasteiger partial charge on any atom is 0.110 e. The summed E-state index contributed by atoms with van der Waals surface area (Å²) in [7, 11) is 0. The number of aliphatic hydroxyl groups excluding tert-OH is 1. The molecule has 0 saturated heterocycles. The standard InChI is InChI=1S/C11H11IN2O/c12-9-3-1-2-8(4-9)5-11-13-6-10(7-15)14-11/h1-4,6,15H,5,7H2,(H,13,14). The van der Waals surface area contributed by atoms with Gasteiger partial charge < -0.3 is 10.1 Å². The van der Waals surface area contributed by atoms with E-state index in [9.17, 15) is 0 Å². The summed E-state index contributed by atoms with van der Waals surface area (Å²) in [6.45, 7) is 0.0132. The number of aromatic amines is 1. The molecule has 0 spiro atoms. The van der Waals surface area contributed by atoms with Crippen molar-refractivity contribution < 1.29 is 5.11 Å². The van der Waals surface area contributed by atoms with E-state index < -0.39 is 0 Å². The summed E-state index contributed by atoms with van der Waals surface area (Å²) >= 11 is 2.29. The van der Waals surface area contributed by atoms with Crippen LogP contribution in [0.3, 0.4) is 0 Å². The molecule has 0 amide bonds. The molecule has 0 fully saturated rings. The van der Waals surface area contributed by atoms with Gasteiger partial charge in [-0.1, -0.05) is 12.1 Å². The van der Waals surface area contributed by atoms with Gasteiger partial charge in [0.25, 0.3) is 0 Å². The second kappa shape index (κ2) is 4.76. The first-order chi connectivity index (χ1) is 7.28. The minimum absolute atomic E-state index is 0.0132. The molecule has 1 aromatic heterocycles. The lowest BCUT2D eigenvalue weighted by Crippen LogP contribution is -1.91. The van der Waals surface area contributed by atoms with Gasteiger partial charge in [0.05, 0.1) is 18.5 Å². The van der Waals surface area contributed by atoms with E-state index in [1.807, 2.05) is 6.07 Å². The van der Waals surface area contributed by atoms with Crippen molar-refractivity contribution in [3.8, 4) is 0 Å². The van der Waals surface area contributed by atoms with Gasteiger partial charge in [-0.3, -0.25) is 0 Å². The summed E-state index contributed by atoms with van der Waals surface area (Å²) in [5.41, 5.74) is 1.98. The fourth-order valence-electron chi connectivity index (χ4n) is 1.42. The third-order valence-corrected chi connectivity index (χ3v) is 2.78. The van der Waals surface area contributed by atoms with Crippen LogP contribution in [0.4, 0.5) is 0 Å². The molecular weight excluding hydrogens is 303 g/mol. The Morgan fingerprint density at radius 1 is 1.40 bits per heavy atom. The maximum atomic E-state index is 8.89. The summed E-state index contributed by atoms with van der Waals surface area (Å²) in [6.07, 6.45) is 2.44. The van der Waals surface area contributed by atoms with Crippen molar-refractivity contribution in [2.45, 2.75) is 13.0 Å². The maximum absolute atomic E-state index is 8.89. The molecule has 78 valence electrons. The Balaban J connectivity index is 2.14. The predicted octanol–water partition coefficient (Wildman–Crippen LogP) is 2.10. The molecule has 2 aromatic rings. The largest absolute Gasteiger partial charge is 0.390 e. The molecule has 0 atom stereocenters. The molecular formula is C11H11IN2O. The third kappa shape index (κ3) is 2.79. The quantitative estimate of drug-likeness (QED) is 0.853. The van der Waals surface area contributed by atoms with Gasteiger partial charge in [-0.25, -0.2) is 4.98 Å². The minimum Gasteiger partial charge on any atom is -0.390 e. The smallest absolute Gasteiger partial charge is 0.110 e. The van der Waals surface area contributed by atoms with Crippen molar-refractivity contribution in [3.63, 3.8) is 0 Å². The molecule has 1 aromatic carbocycles. The van der Waals surface area contributed by atoms with Crippen LogP contribution in [0.5, 0.6) is 0 Å². The minimum atomic E-state index is 0.0132. The van der Waals surface area contributed by atoms with Crippen LogP contribution in [0, 0.1) is 3.57 Å². The van der Waals surface area contributed by atoms with Gasteiger partial charge in [-0.2, -0.15) is 0 Å². The van der Waals surface area contributed by atoms with Gasteiger partial charge in [0.15, 0.2) is 0 Å². The molecule has 0 unspecified atom stereocenters. The van der Waals surface area contributed by atoms with E-state index in [-0.39, 0.29) is 6.61 Å². The number of hydrogen-bond acceptors (Lipinski definition) is 2. The Labute approximate surface area is 102 Å². The van der Waals surface area contributed by atoms with E-state index in [2.05, 4.69) is 50.8 Å². The fraction of sp³-hybridized carbons (Fsp3) is 0.182. The average molecular weight is 314 g/mol. The number of halogens is 1. The van der Waals surface area contributed by atoms with E-state index in [4.69, 9.17) is 5.11 Å². The van der Waals surface area contributed by atoms with E-state index in [1.165, 1.54) is 9.13 Å². The van der Waals surface area contributed by atoms with Crippen LogP contribution in [0.2, 0.25) is 0 Å². The van der Waals surface area contributed by atoms with Crippen molar-refractivity contribution in [1.82, 2.24) is 9.97 Å². The fourth-order valence-corrected chi connectivity index (χ4v) is 2.02. The summed E-state index contributed by atoms with van der Waals surface area (Å²) in [6, 6.07) is 8.29. The lowest BCUT2D eigenvalue weighted by atomic mass is 10.1. The van der Waals surface area contributed by atoms with Crippen LogP contribution in [0.15, 0.2) is 30.5 Å². The van der Waals surface area contributed by atoms with E-state index in [0.717, 1.165) is 17.9 Å². The van der Waals surface area contributed by atoms with Crippen LogP contribution in [0.1, 0.15) is 17.1 Å². The molecule has 0 radical (unpaired) electrons. The number of imidazole rings is 1. The molecule has 15 heavy (non-hydrogen) atoms. The molecule has 4 heteroatoms. The van der Waals surface area contributed by atoms with Crippen LogP contribution in [0.25, 0.3) is 0 Å². The monoisotopic (exact) mass is 314 g/mol. The SMILES string of the molecule is OCc1cnc(Cc2cccc(I)c2)[nH]1. The predicted molar refractivity (Wildman–Crippen MR) is 66.5 cm³/mol. The number of hydrogen-bond donors (Lipinski definition) is 2.